The molecule has 3 N–H and O–H groups in total. The summed E-state index contributed by atoms with van der Waals surface area (Å²) in [6.07, 6.45) is 1.61. The number of pyridine rings is 1. The average molecular weight is 433 g/mol. The predicted octanol–water partition coefficient (Wildman–Crippen LogP) is 5.52. The first kappa shape index (κ1) is 19.9. The Hall–Kier alpha value is -4.07. The van der Waals surface area contributed by atoms with Crippen LogP contribution in [0.1, 0.15) is 11.1 Å². The van der Waals surface area contributed by atoms with Gasteiger partial charge >= 0.3 is 0 Å². The Bertz CT molecular complexity index is 1400. The van der Waals surface area contributed by atoms with Crippen LogP contribution in [-0.2, 0) is 0 Å². The third-order valence-corrected chi connectivity index (χ3v) is 5.48. The van der Waals surface area contributed by atoms with Crippen LogP contribution < -0.4 is 16.0 Å². The minimum atomic E-state index is -0.715. The number of nitrogens with zero attached hydrogens (tertiary/aromatic N) is 3. The molecule has 0 aliphatic carbocycles. The highest BCUT2D eigenvalue weighted by Gasteiger charge is 2.24. The number of aliphatic imine (C=N–C) groups is 1. The Labute approximate surface area is 182 Å². The molecule has 1 aromatic heterocycles. The first-order valence-corrected chi connectivity index (χ1v) is 9.90. The number of hydrogen-bond acceptors (Lipinski definition) is 5. The van der Waals surface area contributed by atoms with Crippen molar-refractivity contribution in [3.8, 4) is 0 Å². The topological polar surface area (TPSA) is 66.5 Å². The van der Waals surface area contributed by atoms with Crippen molar-refractivity contribution in [1.82, 2.24) is 4.98 Å². The van der Waals surface area contributed by atoms with Crippen LogP contribution in [0.15, 0.2) is 65.8 Å². The molecule has 0 fully saturated rings. The maximum Gasteiger partial charge on any atom is 0.149 e. The summed E-state index contributed by atoms with van der Waals surface area (Å²) in [6.45, 7) is 2.23. The summed E-state index contributed by atoms with van der Waals surface area (Å²) < 4.78 is 41.3. The molecule has 0 amide bonds. The van der Waals surface area contributed by atoms with E-state index in [9.17, 15) is 13.2 Å². The molecule has 0 saturated carbocycles. The van der Waals surface area contributed by atoms with Gasteiger partial charge in [0.25, 0.3) is 0 Å². The first-order valence-electron chi connectivity index (χ1n) is 9.90. The summed E-state index contributed by atoms with van der Waals surface area (Å²) >= 11 is 0. The Morgan fingerprint density at radius 2 is 1.72 bits per heavy atom. The highest BCUT2D eigenvalue weighted by atomic mass is 19.1. The molecule has 5 rings (SSSR count). The van der Waals surface area contributed by atoms with E-state index >= 15 is 0 Å². The lowest BCUT2D eigenvalue weighted by atomic mass is 10.0. The van der Waals surface area contributed by atoms with Gasteiger partial charge in [0.2, 0.25) is 0 Å². The van der Waals surface area contributed by atoms with Gasteiger partial charge in [0, 0.05) is 28.6 Å². The Morgan fingerprint density at radius 3 is 2.53 bits per heavy atom. The number of benzene rings is 3. The number of nitrogens with two attached hydrogens (primary N) is 1. The van der Waals surface area contributed by atoms with Gasteiger partial charge in [-0.15, -0.1) is 0 Å². The maximum atomic E-state index is 14.2. The standard InChI is InChI=1S/C24H18F3N5/c1-13-2-5-17-16(8-9-29-24(17)31-20-6-3-15(26)11-19(20)27)22(13)32-12-30-23(28)18-10-14(25)4-7-21(18)32/h2-11H,12H2,1H3,(H2,28,30)(H,29,31). The van der Waals surface area contributed by atoms with E-state index in [1.165, 1.54) is 24.3 Å². The lowest BCUT2D eigenvalue weighted by molar-refractivity contribution is 0.586. The monoisotopic (exact) mass is 433 g/mol. The van der Waals surface area contributed by atoms with Crippen LogP contribution >= 0.6 is 0 Å². The number of amidine groups is 1. The van der Waals surface area contributed by atoms with Gasteiger partial charge in [0.1, 0.15) is 35.8 Å². The van der Waals surface area contributed by atoms with Gasteiger partial charge < -0.3 is 16.0 Å². The molecule has 5 nitrogen and oxygen atoms in total. The van der Waals surface area contributed by atoms with E-state index in [-0.39, 0.29) is 18.2 Å². The van der Waals surface area contributed by atoms with Crippen LogP contribution in [0.4, 0.5) is 36.1 Å². The van der Waals surface area contributed by atoms with Crippen LogP contribution in [0.2, 0.25) is 0 Å². The van der Waals surface area contributed by atoms with Gasteiger partial charge in [-0.2, -0.15) is 0 Å². The lowest BCUT2D eigenvalue weighted by Crippen LogP contribution is -2.30. The van der Waals surface area contributed by atoms with Crippen molar-refractivity contribution in [2.24, 2.45) is 10.7 Å². The minimum Gasteiger partial charge on any atom is -0.383 e. The summed E-state index contributed by atoms with van der Waals surface area (Å²) in [5.41, 5.74) is 9.22. The molecule has 32 heavy (non-hydrogen) atoms. The largest absolute Gasteiger partial charge is 0.383 e. The molecule has 0 saturated heterocycles. The molecule has 0 spiro atoms. The second-order valence-electron chi connectivity index (χ2n) is 7.51. The fourth-order valence-corrected chi connectivity index (χ4v) is 3.97. The number of rotatable bonds is 3. The van der Waals surface area contributed by atoms with Gasteiger partial charge in [-0.1, -0.05) is 12.1 Å². The zero-order chi connectivity index (χ0) is 22.4. The normalized spacial score (nSPS) is 13.1. The molecule has 0 bridgehead atoms. The summed E-state index contributed by atoms with van der Waals surface area (Å²) in [7, 11) is 0. The van der Waals surface area contributed by atoms with Crippen LogP contribution in [0.25, 0.3) is 10.8 Å². The molecule has 2 heterocycles. The van der Waals surface area contributed by atoms with E-state index in [4.69, 9.17) is 5.73 Å². The SMILES string of the molecule is Cc1ccc2c(Nc3ccc(F)cc3F)nccc2c1N1CN=C(N)c2cc(F)ccc21. The molecule has 8 heteroatoms. The molecule has 160 valence electrons. The smallest absolute Gasteiger partial charge is 0.149 e. The highest BCUT2D eigenvalue weighted by Crippen LogP contribution is 2.40. The van der Waals surface area contributed by atoms with Crippen molar-refractivity contribution in [2.45, 2.75) is 6.92 Å². The van der Waals surface area contributed by atoms with E-state index in [1.54, 1.807) is 12.3 Å². The number of hydrogen-bond donors (Lipinski definition) is 2. The van der Waals surface area contributed by atoms with Crippen molar-refractivity contribution in [3.05, 3.63) is 89.4 Å². The molecular formula is C24H18F3N5. The first-order chi connectivity index (χ1) is 15.4. The zero-order valence-electron chi connectivity index (χ0n) is 17.0. The van der Waals surface area contributed by atoms with Crippen LogP contribution in [-0.4, -0.2) is 17.5 Å². The Balaban J connectivity index is 1.66. The van der Waals surface area contributed by atoms with Gasteiger partial charge in [-0.3, -0.25) is 0 Å². The fraction of sp³-hybridized carbons (Fsp3) is 0.0833. The molecule has 0 unspecified atom stereocenters. The molecule has 4 aromatic rings. The minimum absolute atomic E-state index is 0.115. The molecule has 1 aliphatic rings. The second-order valence-corrected chi connectivity index (χ2v) is 7.51. The number of halogens is 3. The van der Waals surface area contributed by atoms with E-state index in [0.29, 0.717) is 11.4 Å². The molecule has 1 aliphatic heterocycles. The Morgan fingerprint density at radius 1 is 0.938 bits per heavy atom. The quantitative estimate of drug-likeness (QED) is 0.447. The summed E-state index contributed by atoms with van der Waals surface area (Å²) in [4.78, 5) is 10.7. The van der Waals surface area contributed by atoms with Crippen LogP contribution in [0.3, 0.4) is 0 Å². The summed E-state index contributed by atoms with van der Waals surface area (Å²) in [6, 6.07) is 13.4. The fourth-order valence-electron chi connectivity index (χ4n) is 3.97. The predicted molar refractivity (Wildman–Crippen MR) is 120 cm³/mol. The van der Waals surface area contributed by atoms with E-state index < -0.39 is 17.5 Å². The van der Waals surface area contributed by atoms with Gasteiger partial charge in [-0.25, -0.2) is 23.1 Å². The summed E-state index contributed by atoms with van der Waals surface area (Å²) in [5, 5.41) is 4.54. The van der Waals surface area contributed by atoms with Gasteiger partial charge in [0.05, 0.1) is 17.1 Å². The number of aryl methyl sites for hydroxylation is 1. The van der Waals surface area contributed by atoms with Crippen LogP contribution in [0, 0.1) is 24.4 Å². The molecule has 0 radical (unpaired) electrons. The third-order valence-electron chi connectivity index (χ3n) is 5.48. The molecular weight excluding hydrogens is 415 g/mol. The van der Waals surface area contributed by atoms with Crippen molar-refractivity contribution >= 4 is 39.5 Å². The molecule has 0 atom stereocenters. The second kappa shape index (κ2) is 7.56. The van der Waals surface area contributed by atoms with Crippen molar-refractivity contribution in [3.63, 3.8) is 0 Å². The zero-order valence-corrected chi connectivity index (χ0v) is 17.0. The number of fused-ring (bicyclic) bond motifs is 2. The van der Waals surface area contributed by atoms with Crippen LogP contribution in [0.5, 0.6) is 0 Å². The van der Waals surface area contributed by atoms with Crippen molar-refractivity contribution < 1.29 is 13.2 Å². The average Bonchev–Trinajstić information content (AvgIpc) is 2.77. The number of aromatic nitrogens is 1. The van der Waals surface area contributed by atoms with E-state index in [2.05, 4.69) is 15.3 Å². The number of anilines is 4. The highest BCUT2D eigenvalue weighted by molar-refractivity contribution is 6.08. The van der Waals surface area contributed by atoms with Crippen molar-refractivity contribution in [2.75, 3.05) is 16.9 Å². The van der Waals surface area contributed by atoms with Gasteiger partial charge in [-0.05, 0) is 48.9 Å². The maximum absolute atomic E-state index is 14.2. The lowest BCUT2D eigenvalue weighted by Gasteiger charge is -2.31. The molecule has 3 aromatic carbocycles. The van der Waals surface area contributed by atoms with Gasteiger partial charge in [0.15, 0.2) is 0 Å². The van der Waals surface area contributed by atoms with E-state index in [0.717, 1.165) is 33.8 Å². The number of nitrogens with one attached hydrogen (secondary N) is 1. The third kappa shape index (κ3) is 3.30. The van der Waals surface area contributed by atoms with Crippen molar-refractivity contribution in [1.29, 1.82) is 0 Å². The van der Waals surface area contributed by atoms with E-state index in [1.807, 2.05) is 30.0 Å². The summed E-state index contributed by atoms with van der Waals surface area (Å²) in [5.74, 6) is -1.06. The Kier molecular flexibility index (Phi) is 4.70.